The maximum atomic E-state index is 15.0. The molecule has 182 valence electrons. The summed E-state index contributed by atoms with van der Waals surface area (Å²) in [6.45, 7) is 0.544. The van der Waals surface area contributed by atoms with Crippen molar-refractivity contribution < 1.29 is 23.1 Å². The number of halogens is 3. The summed E-state index contributed by atoms with van der Waals surface area (Å²) < 4.78 is 43.1. The highest BCUT2D eigenvalue weighted by Crippen LogP contribution is 2.41. The van der Waals surface area contributed by atoms with E-state index in [9.17, 15) is 23.1 Å². The molecule has 0 saturated carbocycles. The number of aromatic hydroxyl groups is 1. The summed E-state index contributed by atoms with van der Waals surface area (Å²) in [5.74, 6) is -3.11. The maximum Gasteiger partial charge on any atom is 0.264 e. The lowest BCUT2D eigenvalue weighted by molar-refractivity contribution is -0.132. The van der Waals surface area contributed by atoms with E-state index < -0.39 is 17.8 Å². The van der Waals surface area contributed by atoms with Gasteiger partial charge < -0.3 is 20.2 Å². The molecule has 3 aliphatic rings. The van der Waals surface area contributed by atoms with Crippen LogP contribution >= 0.6 is 0 Å². The Hall–Kier alpha value is -2.88. The monoisotopic (exact) mass is 475 g/mol. The molecule has 1 aromatic heterocycles. The number of alkyl halides is 2. The second-order valence-corrected chi connectivity index (χ2v) is 9.79. The molecule has 3 fully saturated rings. The van der Waals surface area contributed by atoms with Gasteiger partial charge in [0.15, 0.2) is 5.82 Å². The number of piperidine rings is 2. The van der Waals surface area contributed by atoms with Crippen LogP contribution in [0.3, 0.4) is 0 Å². The topological polar surface area (TPSA) is 81.6 Å². The smallest absolute Gasteiger partial charge is 0.264 e. The first kappa shape index (κ1) is 22.9. The minimum atomic E-state index is -2.69. The molecule has 3 aliphatic heterocycles. The molecule has 0 spiro atoms. The second-order valence-electron chi connectivity index (χ2n) is 9.79. The molecule has 1 amide bonds. The van der Waals surface area contributed by atoms with Gasteiger partial charge in [0.25, 0.3) is 5.92 Å². The van der Waals surface area contributed by atoms with Gasteiger partial charge in [-0.3, -0.25) is 4.79 Å². The van der Waals surface area contributed by atoms with Crippen molar-refractivity contribution in [2.24, 2.45) is 0 Å². The van der Waals surface area contributed by atoms with E-state index in [0.29, 0.717) is 42.9 Å². The van der Waals surface area contributed by atoms with Crippen LogP contribution < -0.4 is 10.2 Å². The average Bonchev–Trinajstić information content (AvgIpc) is 3.02. The summed E-state index contributed by atoms with van der Waals surface area (Å²) in [4.78, 5) is 15.5. The van der Waals surface area contributed by atoms with Gasteiger partial charge >= 0.3 is 0 Å². The van der Waals surface area contributed by atoms with Gasteiger partial charge in [-0.1, -0.05) is 0 Å². The van der Waals surface area contributed by atoms with Crippen LogP contribution in [-0.2, 0) is 4.79 Å². The number of phenolic OH excluding ortho intramolecular Hbond substituents is 1. The number of rotatable bonds is 4. The minimum absolute atomic E-state index is 0.0461. The molecule has 4 atom stereocenters. The summed E-state index contributed by atoms with van der Waals surface area (Å²) in [5.41, 5.74) is 0.836. The van der Waals surface area contributed by atoms with Gasteiger partial charge in [0.05, 0.1) is 11.7 Å². The number of nitrogens with zero attached hydrogens (tertiary/aromatic N) is 4. The van der Waals surface area contributed by atoms with Gasteiger partial charge in [-0.05, 0) is 55.0 Å². The standard InChI is InChI=1S/C24H28F3N5O2/c1-31-6-5-13(7-23(31)34)16-11-20(33)17(10-18(16)25)19-3-4-22(30-29-19)32(2)15-8-14-12-24(26,27)21(9-15)28-14/h3-4,10-11,13-15,21,28,33H,5-9,12H2,1-2H3/t13-,14?,15-,21?/m1/s1. The van der Waals surface area contributed by atoms with Crippen molar-refractivity contribution in [1.29, 1.82) is 0 Å². The van der Waals surface area contributed by atoms with Crippen LogP contribution in [0, 0.1) is 5.82 Å². The van der Waals surface area contributed by atoms with Crippen LogP contribution in [0.5, 0.6) is 5.75 Å². The molecule has 10 heteroatoms. The zero-order valence-corrected chi connectivity index (χ0v) is 19.1. The number of anilines is 1. The van der Waals surface area contributed by atoms with Crippen LogP contribution in [-0.4, -0.2) is 70.8 Å². The van der Waals surface area contributed by atoms with E-state index in [2.05, 4.69) is 15.5 Å². The first-order chi connectivity index (χ1) is 16.1. The number of nitrogens with one attached hydrogen (secondary N) is 1. The number of hydrogen-bond acceptors (Lipinski definition) is 6. The second kappa shape index (κ2) is 8.41. The molecule has 4 heterocycles. The zero-order valence-electron chi connectivity index (χ0n) is 19.1. The van der Waals surface area contributed by atoms with Crippen molar-refractivity contribution in [2.75, 3.05) is 25.5 Å². The number of phenols is 1. The van der Waals surface area contributed by atoms with Crippen LogP contribution in [0.25, 0.3) is 11.3 Å². The third-order valence-corrected chi connectivity index (χ3v) is 7.58. The summed E-state index contributed by atoms with van der Waals surface area (Å²) in [5, 5.41) is 22.0. The normalized spacial score (nSPS) is 28.3. The molecular formula is C24H28F3N5O2. The number of fused-ring (bicyclic) bond motifs is 2. The molecule has 2 bridgehead atoms. The molecule has 3 saturated heterocycles. The molecule has 7 nitrogen and oxygen atoms in total. The van der Waals surface area contributed by atoms with Crippen molar-refractivity contribution >= 4 is 11.7 Å². The quantitative estimate of drug-likeness (QED) is 0.707. The Kier molecular flexibility index (Phi) is 5.66. The third-order valence-electron chi connectivity index (χ3n) is 7.58. The number of benzene rings is 1. The van der Waals surface area contributed by atoms with Crippen LogP contribution in [0.2, 0.25) is 0 Å². The maximum absolute atomic E-state index is 15.0. The van der Waals surface area contributed by atoms with Crippen LogP contribution in [0.4, 0.5) is 19.0 Å². The fourth-order valence-electron chi connectivity index (χ4n) is 5.49. The van der Waals surface area contributed by atoms with Gasteiger partial charge in [0.1, 0.15) is 11.6 Å². The molecule has 0 radical (unpaired) electrons. The molecule has 2 aromatic rings. The first-order valence-corrected chi connectivity index (χ1v) is 11.6. The van der Waals surface area contributed by atoms with Crippen molar-refractivity contribution in [2.45, 2.75) is 62.1 Å². The van der Waals surface area contributed by atoms with Gasteiger partial charge in [0.2, 0.25) is 5.91 Å². The summed E-state index contributed by atoms with van der Waals surface area (Å²) in [7, 11) is 3.53. The predicted octanol–water partition coefficient (Wildman–Crippen LogP) is 3.29. The Morgan fingerprint density at radius 3 is 2.71 bits per heavy atom. The van der Waals surface area contributed by atoms with Gasteiger partial charge in [-0.25, -0.2) is 13.2 Å². The number of carbonyl (C=O) groups excluding carboxylic acids is 1. The highest BCUT2D eigenvalue weighted by Gasteiger charge is 2.53. The Morgan fingerprint density at radius 2 is 2.03 bits per heavy atom. The molecule has 2 unspecified atom stereocenters. The highest BCUT2D eigenvalue weighted by atomic mass is 19.3. The molecule has 5 rings (SSSR count). The lowest BCUT2D eigenvalue weighted by Gasteiger charge is -2.36. The largest absolute Gasteiger partial charge is 0.507 e. The molecular weight excluding hydrogens is 447 g/mol. The van der Waals surface area contributed by atoms with E-state index in [0.717, 1.165) is 0 Å². The zero-order chi connectivity index (χ0) is 24.2. The Bertz CT molecular complexity index is 1100. The van der Waals surface area contributed by atoms with Crippen LogP contribution in [0.15, 0.2) is 24.3 Å². The minimum Gasteiger partial charge on any atom is -0.507 e. The summed E-state index contributed by atoms with van der Waals surface area (Å²) in [6.07, 6.45) is 1.61. The van der Waals surface area contributed by atoms with E-state index in [1.807, 2.05) is 11.9 Å². The number of hydrogen-bond donors (Lipinski definition) is 2. The molecule has 0 aliphatic carbocycles. The first-order valence-electron chi connectivity index (χ1n) is 11.6. The van der Waals surface area contributed by atoms with Gasteiger partial charge in [-0.2, -0.15) is 0 Å². The Morgan fingerprint density at radius 1 is 1.24 bits per heavy atom. The van der Waals surface area contributed by atoms with E-state index in [-0.39, 0.29) is 48.1 Å². The van der Waals surface area contributed by atoms with Crippen molar-refractivity contribution in [3.05, 3.63) is 35.6 Å². The molecule has 2 N–H and O–H groups in total. The van der Waals surface area contributed by atoms with E-state index in [1.165, 1.54) is 12.1 Å². The number of carbonyl (C=O) groups is 1. The fourth-order valence-corrected chi connectivity index (χ4v) is 5.49. The van der Waals surface area contributed by atoms with Crippen molar-refractivity contribution in [1.82, 2.24) is 20.4 Å². The van der Waals surface area contributed by atoms with Gasteiger partial charge in [0, 0.05) is 51.1 Å². The molecule has 34 heavy (non-hydrogen) atoms. The lowest BCUT2D eigenvalue weighted by atomic mass is 9.87. The lowest BCUT2D eigenvalue weighted by Crippen LogP contribution is -2.49. The van der Waals surface area contributed by atoms with Crippen molar-refractivity contribution in [3.8, 4) is 17.0 Å². The molecule has 1 aromatic carbocycles. The summed E-state index contributed by atoms with van der Waals surface area (Å²) >= 11 is 0. The highest BCUT2D eigenvalue weighted by molar-refractivity contribution is 5.78. The fraction of sp³-hybridized carbons (Fsp3) is 0.542. The third kappa shape index (κ3) is 4.08. The predicted molar refractivity (Wildman–Crippen MR) is 120 cm³/mol. The van der Waals surface area contributed by atoms with E-state index in [1.54, 1.807) is 24.1 Å². The van der Waals surface area contributed by atoms with Crippen molar-refractivity contribution in [3.63, 3.8) is 0 Å². The van der Waals surface area contributed by atoms with Gasteiger partial charge in [-0.15, -0.1) is 10.2 Å². The Balaban J connectivity index is 1.32. The summed E-state index contributed by atoms with van der Waals surface area (Å²) in [6, 6.07) is 4.80. The SMILES string of the molecule is CN1CC[C@@H](c2cc(O)c(-c3ccc(N(C)[C@@H]4CC5CC(F)(F)C(C4)N5)nn3)cc2F)CC1=O. The number of likely N-dealkylation sites (tertiary alicyclic amines) is 1. The van der Waals surface area contributed by atoms with E-state index in [4.69, 9.17) is 0 Å². The average molecular weight is 476 g/mol. The number of aromatic nitrogens is 2. The van der Waals surface area contributed by atoms with E-state index >= 15 is 0 Å². The Labute approximate surface area is 196 Å². The number of amides is 1. The van der Waals surface area contributed by atoms with Crippen LogP contribution in [0.1, 0.15) is 43.6 Å².